The Morgan fingerprint density at radius 1 is 0.689 bits per heavy atom. The third kappa shape index (κ3) is 16.3. The van der Waals surface area contributed by atoms with Gasteiger partial charge in [-0.15, -0.1) is 0 Å². The summed E-state index contributed by atoms with van der Waals surface area (Å²) in [4.78, 5) is 56.2. The number of hydrogen-bond acceptors (Lipinski definition) is 14. The van der Waals surface area contributed by atoms with E-state index in [2.05, 4.69) is 35.7 Å². The molecule has 2 bridgehead atoms. The number of carbonyl (C=O) groups excluding carboxylic acids is 3. The van der Waals surface area contributed by atoms with E-state index in [-0.39, 0.29) is 191 Å². The fourth-order valence-corrected chi connectivity index (χ4v) is 7.64. The number of pyridine rings is 3. The Balaban J connectivity index is 0.00000320. The predicted octanol–water partition coefficient (Wildman–Crippen LogP) is -5.67. The van der Waals surface area contributed by atoms with Gasteiger partial charge < -0.3 is 39.5 Å². The number of aromatic nitrogens is 3. The summed E-state index contributed by atoms with van der Waals surface area (Å²) in [5, 5.41) is 24.1. The molecule has 0 radical (unpaired) electrons. The number of methoxy groups -OCH3 is 2. The van der Waals surface area contributed by atoms with Crippen LogP contribution in [0, 0.1) is 13.8 Å². The summed E-state index contributed by atoms with van der Waals surface area (Å²) in [6.45, 7) is 6.72. The first-order valence-corrected chi connectivity index (χ1v) is 19.1. The van der Waals surface area contributed by atoms with Crippen LogP contribution in [-0.2, 0) is 35.8 Å². The van der Waals surface area contributed by atoms with Crippen LogP contribution in [-0.4, -0.2) is 100 Å². The van der Waals surface area contributed by atoms with E-state index in [1.807, 2.05) is 80.8 Å². The summed E-state index contributed by atoms with van der Waals surface area (Å²) in [6.07, 6.45) is 1.96. The average Bonchev–Trinajstić information content (AvgIpc) is 3.17. The largest absolute Gasteiger partial charge is 1.00 e. The van der Waals surface area contributed by atoms with Crippen molar-refractivity contribution >= 4 is 34.2 Å². The van der Waals surface area contributed by atoms with E-state index in [1.54, 1.807) is 25.2 Å². The van der Waals surface area contributed by atoms with Gasteiger partial charge in [-0.25, -0.2) is 0 Å². The van der Waals surface area contributed by atoms with Gasteiger partial charge in [0.2, 0.25) is 0 Å². The molecule has 1 N–H and O–H groups in total. The van der Waals surface area contributed by atoms with Crippen LogP contribution in [0.2, 0.25) is 0 Å². The maximum absolute atomic E-state index is 12.2. The molecule has 0 saturated carbocycles. The van der Waals surface area contributed by atoms with E-state index in [4.69, 9.17) is 14.5 Å². The number of hydrogen-bond donors (Lipinski definition) is 0. The molecule has 0 saturated heterocycles. The van der Waals surface area contributed by atoms with E-state index in [0.717, 1.165) is 43.7 Å². The van der Waals surface area contributed by atoms with Crippen molar-refractivity contribution in [2.45, 2.75) is 40.0 Å². The average molecular weight is 969 g/mol. The molecule has 0 fully saturated rings. The molecule has 3 aromatic heterocycles. The minimum Gasteiger partial charge on any atom is -0.870 e. The number of halogens is 1. The number of aryl methyl sites for hydroxylation is 2. The normalized spacial score (nSPS) is 13.4. The first-order valence-electron chi connectivity index (χ1n) is 18.3. The van der Waals surface area contributed by atoms with Gasteiger partial charge in [0.1, 0.15) is 11.5 Å². The minimum atomic E-state index is -1.38. The topological polar surface area (TPSA) is 194 Å². The fourth-order valence-electron chi connectivity index (χ4n) is 7.11. The molecular weight excluding hydrogens is 926 g/mol. The zero-order valence-electron chi connectivity index (χ0n) is 35.7. The summed E-state index contributed by atoms with van der Waals surface area (Å²) < 4.78 is 11.6. The van der Waals surface area contributed by atoms with Crippen molar-refractivity contribution in [3.63, 3.8) is 0 Å². The van der Waals surface area contributed by atoms with Gasteiger partial charge in [-0.2, -0.15) is 6.07 Å². The number of nitrogens with zero attached hydrogens (tertiary/aromatic N) is 6. The minimum absolute atomic E-state index is 0. The molecule has 5 aromatic rings. The van der Waals surface area contributed by atoms with E-state index in [9.17, 15) is 24.6 Å². The third-order valence-electron chi connectivity index (χ3n) is 9.82. The summed E-state index contributed by atoms with van der Waals surface area (Å²) >= 11 is 3.61. The molecule has 14 nitrogen and oxygen atoms in total. The number of aromatic carboxylic acids is 1. The molecule has 0 spiro atoms. The predicted molar refractivity (Wildman–Crippen MR) is 215 cm³/mol. The molecule has 4 heterocycles. The first-order chi connectivity index (χ1) is 27.4. The Morgan fingerprint density at radius 3 is 1.69 bits per heavy atom. The Labute approximate surface area is 492 Å². The quantitative estimate of drug-likeness (QED) is 0.0849. The Morgan fingerprint density at radius 2 is 1.18 bits per heavy atom. The number of rotatable bonds is 12. The number of carboxylic acid groups (broad SMARTS) is 2. The Hall–Kier alpha value is -0.671. The molecule has 304 valence electrons. The molecule has 0 amide bonds. The molecule has 0 atom stereocenters. The van der Waals surface area contributed by atoms with Crippen LogP contribution < -0.4 is 174 Å². The third-order valence-corrected chi connectivity index (χ3v) is 10.3. The molecule has 18 heteroatoms. The molecule has 0 unspecified atom stereocenters. The zero-order chi connectivity index (χ0) is 40.6. The smallest absolute Gasteiger partial charge is 0.870 e. The molecule has 61 heavy (non-hydrogen) atoms. The van der Waals surface area contributed by atoms with Crippen molar-refractivity contribution in [2.24, 2.45) is 0 Å². The van der Waals surface area contributed by atoms with E-state index >= 15 is 0 Å². The number of ether oxygens (including phenoxy) is 2. The molecule has 0 aliphatic carbocycles. The maximum atomic E-state index is 12.2. The summed E-state index contributed by atoms with van der Waals surface area (Å²) in [5.74, 6) is -1.16. The van der Waals surface area contributed by atoms with Gasteiger partial charge in [-0.05, 0) is 96.3 Å². The molecular formula is C43H43BrK3N6O8-. The van der Waals surface area contributed by atoms with Gasteiger partial charge in [0, 0.05) is 69.7 Å². The van der Waals surface area contributed by atoms with Crippen molar-refractivity contribution < 1.29 is 194 Å². The Kier molecular flexibility index (Phi) is 25.1. The van der Waals surface area contributed by atoms with Gasteiger partial charge in [0.25, 0.3) is 0 Å². The van der Waals surface area contributed by atoms with Gasteiger partial charge in [-0.3, -0.25) is 29.7 Å². The molecule has 1 aliphatic heterocycles. The standard InChI is InChI=1S/C43H44BrN6O7.3K.H2O/c1-27-13-37(56-3)5-7-39(27)29-15-32(46-36(17-29)26-51)21-48-9-11-49(23-34-19-31(44)20-35(45-34)24-50(12-10-48)25-42(52)53)22-33-16-30(18-41(47-33)43(54)55)40-8-6-38(57-4)14-28(40)2;;;;/h5-8,13-20H,9-12,21-25H2,1-4H3,(H,52,53)(H,54,55);;;;1H2/q-1;3*+1;/p-3. The number of benzene rings is 2. The van der Waals surface area contributed by atoms with Crippen molar-refractivity contribution in [2.75, 3.05) is 46.9 Å². The van der Waals surface area contributed by atoms with Crippen LogP contribution in [0.25, 0.3) is 22.3 Å². The van der Waals surface area contributed by atoms with E-state index in [0.29, 0.717) is 67.7 Å². The maximum Gasteiger partial charge on any atom is 1.00 e. The van der Waals surface area contributed by atoms with Crippen LogP contribution in [0.5, 0.6) is 11.5 Å². The summed E-state index contributed by atoms with van der Waals surface area (Å²) in [7, 11) is 3.20. The first kappa shape index (κ1) is 56.5. The van der Waals surface area contributed by atoms with E-state index < -0.39 is 11.9 Å². The number of fused-ring (bicyclic) bond motifs is 2. The number of carbonyl (C=O) groups is 2. The van der Waals surface area contributed by atoms with Gasteiger partial charge in [0.15, 0.2) is 0 Å². The van der Waals surface area contributed by atoms with Gasteiger partial charge in [-0.1, -0.05) is 39.3 Å². The van der Waals surface area contributed by atoms with Gasteiger partial charge in [0.05, 0.1) is 54.6 Å². The second-order valence-corrected chi connectivity index (χ2v) is 15.0. The van der Waals surface area contributed by atoms with Crippen LogP contribution >= 0.6 is 15.9 Å². The van der Waals surface area contributed by atoms with Crippen molar-refractivity contribution in [3.8, 4) is 33.8 Å². The van der Waals surface area contributed by atoms with Crippen LogP contribution in [0.15, 0.2) is 77.3 Å². The van der Waals surface area contributed by atoms with Crippen LogP contribution in [0.4, 0.5) is 0 Å². The summed E-state index contributed by atoms with van der Waals surface area (Å²) in [6, 6.07) is 22.2. The second kappa shape index (κ2) is 27.1. The fraction of sp³-hybridized carbons (Fsp3) is 0.302. The van der Waals surface area contributed by atoms with E-state index in [1.165, 1.54) is 6.07 Å². The second-order valence-electron chi connectivity index (χ2n) is 14.1. The Bertz CT molecular complexity index is 2310. The van der Waals surface area contributed by atoms with Crippen molar-refractivity contribution in [3.05, 3.63) is 123 Å². The van der Waals surface area contributed by atoms with Crippen molar-refractivity contribution in [1.82, 2.24) is 29.7 Å². The zero-order valence-corrected chi connectivity index (χ0v) is 46.6. The summed E-state index contributed by atoms with van der Waals surface area (Å²) in [5.41, 5.74) is 7.72. The number of carboxylic acids is 2. The van der Waals surface area contributed by atoms with Crippen LogP contribution in [0.1, 0.15) is 50.1 Å². The monoisotopic (exact) mass is 967 g/mol. The van der Waals surface area contributed by atoms with Crippen molar-refractivity contribution in [1.29, 1.82) is 0 Å². The SMILES string of the molecule is COc1ccc(-c2cc([C-]=O)nc(CN3CCN(CC(=O)[O-])Cc4cc(Br)cc(n4)CN(Cc4cc(-c5ccc(OC)cc5C)cc(C(=O)[O-])n4)CC3)c2)c(C)c1.[K+].[K+].[K+].[OH-]. The number of aliphatic carboxylic acids is 1. The molecule has 1 aliphatic rings. The molecule has 6 rings (SSSR count). The molecule has 2 aromatic carbocycles. The van der Waals surface area contributed by atoms with Crippen LogP contribution in [0.3, 0.4) is 0 Å². The van der Waals surface area contributed by atoms with Gasteiger partial charge >= 0.3 is 154 Å².